The summed E-state index contributed by atoms with van der Waals surface area (Å²) in [5.41, 5.74) is 2.12. The zero-order valence-corrected chi connectivity index (χ0v) is 10.8. The number of aryl methyl sites for hydroxylation is 2. The maximum absolute atomic E-state index is 5.75. The summed E-state index contributed by atoms with van der Waals surface area (Å²) in [7, 11) is 1.94. The molecule has 0 spiro atoms. The molecule has 0 radical (unpaired) electrons. The minimum absolute atomic E-state index is 0.160. The number of rotatable bonds is 4. The standard InChI is InChI=1S/C12H21N3O2/c1-9-4-11(15(3)14-9)7-16-8-12-6-13-5-10(2)17-12/h4,10,12-13H,5-8H2,1-3H3. The lowest BCUT2D eigenvalue weighted by molar-refractivity contribution is -0.0722. The Bertz CT molecular complexity index is 365. The second kappa shape index (κ2) is 5.62. The van der Waals surface area contributed by atoms with Crippen molar-refractivity contribution in [2.24, 2.45) is 7.05 Å². The van der Waals surface area contributed by atoms with Gasteiger partial charge in [0, 0.05) is 20.1 Å². The molecule has 0 saturated carbocycles. The second-order valence-electron chi connectivity index (χ2n) is 4.64. The van der Waals surface area contributed by atoms with E-state index in [0.717, 1.165) is 24.5 Å². The van der Waals surface area contributed by atoms with E-state index in [1.807, 2.05) is 24.7 Å². The van der Waals surface area contributed by atoms with E-state index in [4.69, 9.17) is 9.47 Å². The topological polar surface area (TPSA) is 48.3 Å². The predicted molar refractivity (Wildman–Crippen MR) is 64.8 cm³/mol. The van der Waals surface area contributed by atoms with Crippen LogP contribution in [0.1, 0.15) is 18.3 Å². The van der Waals surface area contributed by atoms with Crippen LogP contribution >= 0.6 is 0 Å². The minimum Gasteiger partial charge on any atom is -0.372 e. The lowest BCUT2D eigenvalue weighted by Crippen LogP contribution is -2.45. The number of nitrogens with one attached hydrogen (secondary N) is 1. The van der Waals surface area contributed by atoms with Crippen LogP contribution in [0.4, 0.5) is 0 Å². The van der Waals surface area contributed by atoms with Gasteiger partial charge in [0.05, 0.1) is 36.8 Å². The molecule has 1 fully saturated rings. The van der Waals surface area contributed by atoms with Gasteiger partial charge in [-0.2, -0.15) is 5.10 Å². The van der Waals surface area contributed by atoms with E-state index in [1.165, 1.54) is 0 Å². The van der Waals surface area contributed by atoms with Gasteiger partial charge in [-0.15, -0.1) is 0 Å². The fourth-order valence-electron chi connectivity index (χ4n) is 2.06. The highest BCUT2D eigenvalue weighted by Crippen LogP contribution is 2.07. The van der Waals surface area contributed by atoms with Crippen molar-refractivity contribution < 1.29 is 9.47 Å². The molecule has 5 nitrogen and oxygen atoms in total. The third-order valence-corrected chi connectivity index (χ3v) is 2.88. The molecule has 0 aliphatic carbocycles. The molecular formula is C12H21N3O2. The van der Waals surface area contributed by atoms with Gasteiger partial charge in [0.2, 0.25) is 0 Å². The molecule has 1 N–H and O–H groups in total. The summed E-state index contributed by atoms with van der Waals surface area (Å²) in [6.45, 7) is 7.07. The van der Waals surface area contributed by atoms with E-state index in [0.29, 0.717) is 13.2 Å². The van der Waals surface area contributed by atoms with Crippen molar-refractivity contribution in [2.45, 2.75) is 32.7 Å². The average molecular weight is 239 g/mol. The molecule has 2 atom stereocenters. The van der Waals surface area contributed by atoms with Gasteiger partial charge in [0.15, 0.2) is 0 Å². The third-order valence-electron chi connectivity index (χ3n) is 2.88. The first-order chi connectivity index (χ1) is 8.15. The molecule has 1 aromatic rings. The number of hydrogen-bond acceptors (Lipinski definition) is 4. The van der Waals surface area contributed by atoms with Crippen LogP contribution in [0.5, 0.6) is 0 Å². The van der Waals surface area contributed by atoms with Gasteiger partial charge in [-0.05, 0) is 19.9 Å². The van der Waals surface area contributed by atoms with E-state index in [9.17, 15) is 0 Å². The smallest absolute Gasteiger partial charge is 0.0936 e. The highest BCUT2D eigenvalue weighted by molar-refractivity contribution is 5.07. The van der Waals surface area contributed by atoms with Gasteiger partial charge >= 0.3 is 0 Å². The van der Waals surface area contributed by atoms with Gasteiger partial charge in [-0.1, -0.05) is 0 Å². The summed E-state index contributed by atoms with van der Waals surface area (Å²) in [6.07, 6.45) is 0.435. The highest BCUT2D eigenvalue weighted by atomic mass is 16.5. The number of hydrogen-bond donors (Lipinski definition) is 1. The van der Waals surface area contributed by atoms with Gasteiger partial charge in [-0.25, -0.2) is 0 Å². The van der Waals surface area contributed by atoms with Crippen LogP contribution in [0.15, 0.2) is 6.07 Å². The van der Waals surface area contributed by atoms with Crippen molar-refractivity contribution in [3.8, 4) is 0 Å². The molecule has 2 unspecified atom stereocenters. The SMILES string of the molecule is Cc1cc(COCC2CNCC(C)O2)n(C)n1. The van der Waals surface area contributed by atoms with E-state index in [1.54, 1.807) is 0 Å². The molecule has 0 bridgehead atoms. The second-order valence-corrected chi connectivity index (χ2v) is 4.64. The Morgan fingerprint density at radius 3 is 3.06 bits per heavy atom. The Labute approximate surface area is 102 Å². The third kappa shape index (κ3) is 3.52. The average Bonchev–Trinajstić information content (AvgIpc) is 2.58. The van der Waals surface area contributed by atoms with Crippen molar-refractivity contribution in [3.63, 3.8) is 0 Å². The van der Waals surface area contributed by atoms with Gasteiger partial charge < -0.3 is 14.8 Å². The predicted octanol–water partition coefficient (Wildman–Crippen LogP) is 0.622. The van der Waals surface area contributed by atoms with Gasteiger partial charge in [0.1, 0.15) is 0 Å². The van der Waals surface area contributed by atoms with E-state index in [2.05, 4.69) is 17.3 Å². The van der Waals surface area contributed by atoms with Crippen LogP contribution in [-0.2, 0) is 23.1 Å². The number of morpholine rings is 1. The molecule has 1 aliphatic rings. The van der Waals surface area contributed by atoms with Crippen molar-refractivity contribution in [3.05, 3.63) is 17.5 Å². The molecule has 17 heavy (non-hydrogen) atoms. The summed E-state index contributed by atoms with van der Waals surface area (Å²) < 4.78 is 13.3. The number of ether oxygens (including phenoxy) is 2. The van der Waals surface area contributed by atoms with Crippen molar-refractivity contribution in [2.75, 3.05) is 19.7 Å². The van der Waals surface area contributed by atoms with Crippen LogP contribution in [0.25, 0.3) is 0 Å². The molecule has 2 rings (SSSR count). The summed E-state index contributed by atoms with van der Waals surface area (Å²) in [5, 5.41) is 7.61. The number of aromatic nitrogens is 2. The number of nitrogens with zero attached hydrogens (tertiary/aromatic N) is 2. The van der Waals surface area contributed by atoms with E-state index in [-0.39, 0.29) is 12.2 Å². The summed E-state index contributed by atoms with van der Waals surface area (Å²) in [5.74, 6) is 0. The Balaban J connectivity index is 1.74. The lowest BCUT2D eigenvalue weighted by Gasteiger charge is -2.28. The van der Waals surface area contributed by atoms with Crippen LogP contribution in [-0.4, -0.2) is 41.7 Å². The normalized spacial score (nSPS) is 25.1. The Kier molecular flexibility index (Phi) is 4.15. The Morgan fingerprint density at radius 1 is 1.59 bits per heavy atom. The molecule has 0 aromatic carbocycles. The molecule has 1 aliphatic heterocycles. The first-order valence-electron chi connectivity index (χ1n) is 6.08. The van der Waals surface area contributed by atoms with Crippen molar-refractivity contribution in [1.29, 1.82) is 0 Å². The minimum atomic E-state index is 0.160. The summed E-state index contributed by atoms with van der Waals surface area (Å²) in [4.78, 5) is 0. The highest BCUT2D eigenvalue weighted by Gasteiger charge is 2.18. The summed E-state index contributed by atoms with van der Waals surface area (Å²) in [6, 6.07) is 2.04. The fourth-order valence-corrected chi connectivity index (χ4v) is 2.06. The maximum atomic E-state index is 5.75. The first kappa shape index (κ1) is 12.5. The Morgan fingerprint density at radius 2 is 2.41 bits per heavy atom. The van der Waals surface area contributed by atoms with Crippen LogP contribution in [0.3, 0.4) is 0 Å². The van der Waals surface area contributed by atoms with Crippen LogP contribution in [0.2, 0.25) is 0 Å². The van der Waals surface area contributed by atoms with Crippen molar-refractivity contribution >= 4 is 0 Å². The van der Waals surface area contributed by atoms with Crippen LogP contribution in [0, 0.1) is 6.92 Å². The van der Waals surface area contributed by atoms with Gasteiger partial charge in [-0.3, -0.25) is 4.68 Å². The molecule has 1 saturated heterocycles. The molecule has 96 valence electrons. The molecule has 1 aromatic heterocycles. The van der Waals surface area contributed by atoms with E-state index < -0.39 is 0 Å². The Hall–Kier alpha value is -0.910. The largest absolute Gasteiger partial charge is 0.372 e. The quantitative estimate of drug-likeness (QED) is 0.837. The molecule has 2 heterocycles. The van der Waals surface area contributed by atoms with E-state index >= 15 is 0 Å². The maximum Gasteiger partial charge on any atom is 0.0936 e. The fraction of sp³-hybridized carbons (Fsp3) is 0.750. The lowest BCUT2D eigenvalue weighted by atomic mass is 10.2. The monoisotopic (exact) mass is 239 g/mol. The molecule has 5 heteroatoms. The van der Waals surface area contributed by atoms with Crippen LogP contribution < -0.4 is 5.32 Å². The van der Waals surface area contributed by atoms with Gasteiger partial charge in [0.25, 0.3) is 0 Å². The molecular weight excluding hydrogens is 218 g/mol. The zero-order valence-electron chi connectivity index (χ0n) is 10.8. The summed E-state index contributed by atoms with van der Waals surface area (Å²) >= 11 is 0. The zero-order chi connectivity index (χ0) is 12.3. The molecule has 0 amide bonds. The first-order valence-corrected chi connectivity index (χ1v) is 6.08. The van der Waals surface area contributed by atoms with Crippen molar-refractivity contribution in [1.82, 2.24) is 15.1 Å².